The molecule has 6 rings (SSSR count). The van der Waals surface area contributed by atoms with Gasteiger partial charge in [-0.1, -0.05) is 112 Å². The fraction of sp³-hybridized carbons (Fsp3) is 0.0556. The maximum atomic E-state index is 3.36. The van der Waals surface area contributed by atoms with E-state index >= 15 is 0 Å². The SMILES string of the molecule is C=CC=C.Cc1[cH-]c2ccccc2c1Pc1ccccc1.Cc1[cH-]c2ccccc2c1Pc1ccccc1.[Ti+2]. The quantitative estimate of drug-likeness (QED) is 0.0838. The third kappa shape index (κ3) is 8.32. The van der Waals surface area contributed by atoms with E-state index in [1.807, 2.05) is 0 Å². The van der Waals surface area contributed by atoms with Gasteiger partial charge < -0.3 is 0 Å². The number of allylic oxidation sites excluding steroid dienone is 2. The molecule has 0 amide bonds. The zero-order valence-electron chi connectivity index (χ0n) is 22.6. The second kappa shape index (κ2) is 15.7. The molecule has 0 aromatic heterocycles. The van der Waals surface area contributed by atoms with E-state index in [4.69, 9.17) is 0 Å². The number of hydrogen-bond acceptors (Lipinski definition) is 0. The van der Waals surface area contributed by atoms with E-state index in [1.165, 1.54) is 53.9 Å². The van der Waals surface area contributed by atoms with Crippen LogP contribution in [0, 0.1) is 13.8 Å². The molecule has 0 aliphatic rings. The fourth-order valence-electron chi connectivity index (χ4n) is 4.40. The molecular formula is C36H34P2Ti. The molecular weight excluding hydrogens is 542 g/mol. The van der Waals surface area contributed by atoms with E-state index in [-0.39, 0.29) is 21.7 Å². The third-order valence-corrected chi connectivity index (χ3v) is 9.32. The van der Waals surface area contributed by atoms with E-state index in [2.05, 4.69) is 148 Å². The van der Waals surface area contributed by atoms with Crippen LogP contribution in [0.2, 0.25) is 0 Å². The summed E-state index contributed by atoms with van der Waals surface area (Å²) in [7, 11) is 1.51. The van der Waals surface area contributed by atoms with Gasteiger partial charge >= 0.3 is 21.7 Å². The summed E-state index contributed by atoms with van der Waals surface area (Å²) in [5.74, 6) is 0. The van der Waals surface area contributed by atoms with E-state index in [0.29, 0.717) is 0 Å². The van der Waals surface area contributed by atoms with Gasteiger partial charge in [-0.05, 0) is 10.6 Å². The minimum Gasteiger partial charge on any atom is -0.149 e. The maximum absolute atomic E-state index is 3.36. The van der Waals surface area contributed by atoms with Crippen molar-refractivity contribution >= 4 is 59.9 Å². The van der Waals surface area contributed by atoms with Crippen molar-refractivity contribution in [2.45, 2.75) is 13.8 Å². The molecule has 0 bridgehead atoms. The Morgan fingerprint density at radius 2 is 0.846 bits per heavy atom. The summed E-state index contributed by atoms with van der Waals surface area (Å²) in [5.41, 5.74) is 2.82. The normalized spacial score (nSPS) is 10.6. The largest absolute Gasteiger partial charge is 2.00 e. The second-order valence-corrected chi connectivity index (χ2v) is 11.7. The summed E-state index contributed by atoms with van der Waals surface area (Å²) in [6, 6.07) is 43.3. The van der Waals surface area contributed by atoms with Gasteiger partial charge in [0.25, 0.3) is 0 Å². The van der Waals surface area contributed by atoms with Crippen LogP contribution in [0.3, 0.4) is 0 Å². The third-order valence-electron chi connectivity index (χ3n) is 6.25. The van der Waals surface area contributed by atoms with Gasteiger partial charge in [-0.3, -0.25) is 0 Å². The Morgan fingerprint density at radius 3 is 1.21 bits per heavy atom. The molecule has 0 nitrogen and oxygen atoms in total. The smallest absolute Gasteiger partial charge is 0.149 e. The van der Waals surface area contributed by atoms with Crippen LogP contribution in [-0.2, 0) is 21.7 Å². The molecule has 192 valence electrons. The van der Waals surface area contributed by atoms with Crippen molar-refractivity contribution < 1.29 is 21.7 Å². The van der Waals surface area contributed by atoms with E-state index in [1.54, 1.807) is 12.2 Å². The molecule has 39 heavy (non-hydrogen) atoms. The monoisotopic (exact) mass is 576 g/mol. The van der Waals surface area contributed by atoms with Crippen LogP contribution >= 0.6 is 17.2 Å². The molecule has 0 aliphatic heterocycles. The molecule has 0 aliphatic carbocycles. The first-order chi connectivity index (χ1) is 18.6. The minimum absolute atomic E-state index is 0. The first kappa shape index (κ1) is 30.7. The summed E-state index contributed by atoms with van der Waals surface area (Å²) in [6.07, 6.45) is 3.28. The van der Waals surface area contributed by atoms with Crippen LogP contribution in [0.25, 0.3) is 21.5 Å². The predicted octanol–water partition coefficient (Wildman–Crippen LogP) is 8.35. The maximum Gasteiger partial charge on any atom is 2.00 e. The Balaban J connectivity index is 0.000000186. The number of rotatable bonds is 5. The first-order valence-electron chi connectivity index (χ1n) is 12.8. The first-order valence-corrected chi connectivity index (χ1v) is 14.8. The molecule has 6 aromatic carbocycles. The van der Waals surface area contributed by atoms with Crippen molar-refractivity contribution in [3.63, 3.8) is 0 Å². The number of benzene rings is 4. The summed E-state index contributed by atoms with van der Waals surface area (Å²) >= 11 is 0. The van der Waals surface area contributed by atoms with Crippen molar-refractivity contribution in [2.75, 3.05) is 0 Å². The average Bonchev–Trinajstić information content (AvgIpc) is 3.45. The number of hydrogen-bond donors (Lipinski definition) is 0. The topological polar surface area (TPSA) is 0 Å². The van der Waals surface area contributed by atoms with Crippen LogP contribution in [0.15, 0.2) is 147 Å². The molecule has 0 heterocycles. The second-order valence-electron chi connectivity index (χ2n) is 9.03. The number of aryl methyl sites for hydroxylation is 2. The zero-order valence-corrected chi connectivity index (χ0v) is 26.2. The molecule has 0 fully saturated rings. The predicted molar refractivity (Wildman–Crippen MR) is 177 cm³/mol. The van der Waals surface area contributed by atoms with Gasteiger partial charge in [0.2, 0.25) is 0 Å². The Bertz CT molecular complexity index is 1480. The van der Waals surface area contributed by atoms with Crippen LogP contribution in [0.4, 0.5) is 0 Å². The molecule has 3 heteroatoms. The minimum atomic E-state index is 0. The molecule has 0 spiro atoms. The van der Waals surface area contributed by atoms with Gasteiger partial charge in [0.1, 0.15) is 0 Å². The molecule has 0 saturated carbocycles. The van der Waals surface area contributed by atoms with Crippen molar-refractivity contribution in [3.05, 3.63) is 158 Å². The van der Waals surface area contributed by atoms with Crippen molar-refractivity contribution in [1.29, 1.82) is 0 Å². The fourth-order valence-corrected chi connectivity index (χ4v) is 6.96. The molecule has 0 radical (unpaired) electrons. The van der Waals surface area contributed by atoms with Gasteiger partial charge in [-0.15, -0.1) is 109 Å². The van der Waals surface area contributed by atoms with E-state index < -0.39 is 0 Å². The van der Waals surface area contributed by atoms with Crippen LogP contribution in [0.5, 0.6) is 0 Å². The Hall–Kier alpha value is -2.85. The molecule has 2 unspecified atom stereocenters. The molecule has 2 atom stereocenters. The Labute approximate surface area is 252 Å². The van der Waals surface area contributed by atoms with Gasteiger partial charge in [0, 0.05) is 0 Å². The van der Waals surface area contributed by atoms with Crippen LogP contribution < -0.4 is 21.2 Å². The van der Waals surface area contributed by atoms with Crippen LogP contribution in [0.1, 0.15) is 11.1 Å². The number of fused-ring (bicyclic) bond motifs is 2. The van der Waals surface area contributed by atoms with Crippen molar-refractivity contribution in [2.24, 2.45) is 0 Å². The molecule has 0 saturated heterocycles. The van der Waals surface area contributed by atoms with Gasteiger partial charge in [0.05, 0.1) is 0 Å². The van der Waals surface area contributed by atoms with Gasteiger partial charge in [0.15, 0.2) is 0 Å². The molecule has 0 N–H and O–H groups in total. The van der Waals surface area contributed by atoms with Crippen LogP contribution in [-0.4, -0.2) is 0 Å². The van der Waals surface area contributed by atoms with Gasteiger partial charge in [-0.25, -0.2) is 0 Å². The standard InChI is InChI=1S/2C16H14P.C4H6.Ti/c2*1-12-11-13-7-5-6-10-15(13)16(12)17-14-8-3-2-4-9-14;1-3-4-2;/h2*2-11,17H,1H3;3-4H,1-2H2;/q2*-1;;+2. The zero-order chi connectivity index (χ0) is 26.7. The summed E-state index contributed by atoms with van der Waals surface area (Å²) in [6.45, 7) is 11.1. The van der Waals surface area contributed by atoms with Gasteiger partial charge in [-0.2, -0.15) is 0 Å². The summed E-state index contributed by atoms with van der Waals surface area (Å²) in [5, 5.41) is 11.4. The molecule has 6 aromatic rings. The summed E-state index contributed by atoms with van der Waals surface area (Å²) < 4.78 is 0. The van der Waals surface area contributed by atoms with E-state index in [9.17, 15) is 0 Å². The Morgan fingerprint density at radius 1 is 0.513 bits per heavy atom. The average molecular weight is 576 g/mol. The van der Waals surface area contributed by atoms with Crippen molar-refractivity contribution in [1.82, 2.24) is 0 Å². The van der Waals surface area contributed by atoms with Crippen molar-refractivity contribution in [3.8, 4) is 0 Å². The van der Waals surface area contributed by atoms with E-state index in [0.717, 1.165) is 17.2 Å². The summed E-state index contributed by atoms with van der Waals surface area (Å²) in [4.78, 5) is 0. The Kier molecular flexibility index (Phi) is 12.3.